The number of alkyl halides is 3. The Labute approximate surface area is 109 Å². The van der Waals surface area contributed by atoms with E-state index in [-0.39, 0.29) is 29.5 Å². The Morgan fingerprint density at radius 2 is 1.79 bits per heavy atom. The lowest BCUT2D eigenvalue weighted by molar-refractivity contribution is -0.149. The Hall–Kier alpha value is -1.32. The molecule has 1 saturated heterocycles. The molecule has 0 spiro atoms. The molecule has 1 N–H and O–H groups in total. The van der Waals surface area contributed by atoms with Crippen LogP contribution in [0, 0.1) is 0 Å². The highest BCUT2D eigenvalue weighted by molar-refractivity contribution is 7.85. The molecule has 0 aliphatic carbocycles. The van der Waals surface area contributed by atoms with Crippen LogP contribution in [0.25, 0.3) is 0 Å². The maximum atomic E-state index is 12.3. The SMILES string of the molecule is O=C(O)CN(CC(F)(F)F)C(=O)N1CCS(=O)CC1. The molecule has 0 atom stereocenters. The molecular formula is C9H13F3N2O4S. The molecule has 0 aromatic rings. The lowest BCUT2D eigenvalue weighted by Gasteiger charge is -2.32. The number of carboxylic acid groups (broad SMARTS) is 1. The van der Waals surface area contributed by atoms with Crippen LogP contribution in [0.15, 0.2) is 0 Å². The Kier molecular flexibility index (Phi) is 5.15. The normalized spacial score (nSPS) is 17.3. The van der Waals surface area contributed by atoms with Crippen LogP contribution < -0.4 is 0 Å². The fraction of sp³-hybridized carbons (Fsp3) is 0.778. The zero-order valence-corrected chi connectivity index (χ0v) is 10.7. The van der Waals surface area contributed by atoms with Gasteiger partial charge in [-0.2, -0.15) is 13.2 Å². The van der Waals surface area contributed by atoms with Gasteiger partial charge in [-0.25, -0.2) is 4.79 Å². The van der Waals surface area contributed by atoms with Crippen molar-refractivity contribution in [2.45, 2.75) is 6.18 Å². The first-order valence-corrected chi connectivity index (χ1v) is 6.85. The number of aliphatic carboxylic acids is 1. The predicted octanol–water partition coefficient (Wildman–Crippen LogP) is 0.120. The lowest BCUT2D eigenvalue weighted by Crippen LogP contribution is -2.52. The Balaban J connectivity index is 2.70. The number of carboxylic acids is 1. The molecule has 0 bridgehead atoms. The van der Waals surface area contributed by atoms with Crippen LogP contribution in [0.3, 0.4) is 0 Å². The number of hydrogen-bond donors (Lipinski definition) is 1. The van der Waals surface area contributed by atoms with E-state index >= 15 is 0 Å². The number of carbonyl (C=O) groups excluding carboxylic acids is 1. The molecule has 1 aliphatic rings. The summed E-state index contributed by atoms with van der Waals surface area (Å²) < 4.78 is 48.0. The third-order valence-electron chi connectivity index (χ3n) is 2.42. The zero-order valence-electron chi connectivity index (χ0n) is 9.85. The van der Waals surface area contributed by atoms with E-state index in [1.54, 1.807) is 0 Å². The van der Waals surface area contributed by atoms with Crippen molar-refractivity contribution in [1.82, 2.24) is 9.80 Å². The molecule has 1 rings (SSSR count). The van der Waals surface area contributed by atoms with Gasteiger partial charge in [-0.05, 0) is 0 Å². The predicted molar refractivity (Wildman–Crippen MR) is 60.1 cm³/mol. The van der Waals surface area contributed by atoms with Crippen molar-refractivity contribution < 1.29 is 32.1 Å². The molecule has 0 radical (unpaired) electrons. The van der Waals surface area contributed by atoms with E-state index in [9.17, 15) is 27.0 Å². The molecule has 2 amide bonds. The van der Waals surface area contributed by atoms with E-state index in [1.807, 2.05) is 0 Å². The Morgan fingerprint density at radius 1 is 1.26 bits per heavy atom. The molecule has 19 heavy (non-hydrogen) atoms. The van der Waals surface area contributed by atoms with Crippen molar-refractivity contribution in [2.24, 2.45) is 0 Å². The van der Waals surface area contributed by atoms with Crippen LogP contribution >= 0.6 is 0 Å². The first-order valence-electron chi connectivity index (χ1n) is 5.36. The third-order valence-corrected chi connectivity index (χ3v) is 3.69. The highest BCUT2D eigenvalue weighted by Gasteiger charge is 2.36. The summed E-state index contributed by atoms with van der Waals surface area (Å²) in [6.45, 7) is -2.49. The number of urea groups is 1. The van der Waals surface area contributed by atoms with Gasteiger partial charge < -0.3 is 14.9 Å². The van der Waals surface area contributed by atoms with Gasteiger partial charge in [0.05, 0.1) is 0 Å². The molecule has 10 heteroatoms. The van der Waals surface area contributed by atoms with Gasteiger partial charge in [0.2, 0.25) is 0 Å². The third kappa shape index (κ3) is 5.45. The summed E-state index contributed by atoms with van der Waals surface area (Å²) >= 11 is 0. The second kappa shape index (κ2) is 6.22. The first-order chi connectivity index (χ1) is 8.69. The van der Waals surface area contributed by atoms with Gasteiger partial charge in [-0.3, -0.25) is 9.00 Å². The molecule has 0 aromatic heterocycles. The number of hydrogen-bond acceptors (Lipinski definition) is 3. The Morgan fingerprint density at radius 3 is 2.21 bits per heavy atom. The molecule has 110 valence electrons. The summed E-state index contributed by atoms with van der Waals surface area (Å²) in [6, 6.07) is -0.989. The molecule has 0 aromatic carbocycles. The molecule has 6 nitrogen and oxygen atoms in total. The van der Waals surface area contributed by atoms with E-state index in [0.717, 1.165) is 4.90 Å². The smallest absolute Gasteiger partial charge is 0.406 e. The summed E-state index contributed by atoms with van der Waals surface area (Å²) in [4.78, 5) is 23.6. The van der Waals surface area contributed by atoms with Crippen molar-refractivity contribution in [3.8, 4) is 0 Å². The van der Waals surface area contributed by atoms with Crippen molar-refractivity contribution in [2.75, 3.05) is 37.7 Å². The number of amides is 2. The van der Waals surface area contributed by atoms with E-state index < -0.39 is 42.1 Å². The molecular weight excluding hydrogens is 289 g/mol. The van der Waals surface area contributed by atoms with Gasteiger partial charge in [0, 0.05) is 35.4 Å². The van der Waals surface area contributed by atoms with Crippen LogP contribution in [0.5, 0.6) is 0 Å². The first kappa shape index (κ1) is 15.7. The number of rotatable bonds is 3. The average Bonchev–Trinajstić information content (AvgIpc) is 2.25. The van der Waals surface area contributed by atoms with Gasteiger partial charge in [0.25, 0.3) is 0 Å². The van der Waals surface area contributed by atoms with Gasteiger partial charge in [0.15, 0.2) is 0 Å². The van der Waals surface area contributed by atoms with Crippen molar-refractivity contribution in [1.29, 1.82) is 0 Å². The number of halogens is 3. The van der Waals surface area contributed by atoms with Crippen LogP contribution in [-0.4, -0.2) is 75.0 Å². The van der Waals surface area contributed by atoms with E-state index in [1.165, 1.54) is 0 Å². The van der Waals surface area contributed by atoms with Gasteiger partial charge in [-0.1, -0.05) is 0 Å². The fourth-order valence-electron chi connectivity index (χ4n) is 1.60. The highest BCUT2D eigenvalue weighted by atomic mass is 32.2. The average molecular weight is 302 g/mol. The second-order valence-corrected chi connectivity index (χ2v) is 5.68. The number of carbonyl (C=O) groups is 2. The summed E-state index contributed by atoms with van der Waals surface area (Å²) in [7, 11) is -1.07. The van der Waals surface area contributed by atoms with Crippen LogP contribution in [0.2, 0.25) is 0 Å². The molecule has 1 aliphatic heterocycles. The zero-order chi connectivity index (χ0) is 14.6. The summed E-state index contributed by atoms with van der Waals surface area (Å²) in [5.41, 5.74) is 0. The second-order valence-electron chi connectivity index (χ2n) is 3.98. The minimum Gasteiger partial charge on any atom is -0.480 e. The topological polar surface area (TPSA) is 77.9 Å². The van der Waals surface area contributed by atoms with Gasteiger partial charge in [-0.15, -0.1) is 0 Å². The highest BCUT2D eigenvalue weighted by Crippen LogP contribution is 2.17. The fourth-order valence-corrected chi connectivity index (χ4v) is 2.65. The minimum atomic E-state index is -4.66. The summed E-state index contributed by atoms with van der Waals surface area (Å²) in [5.74, 6) is -1.13. The monoisotopic (exact) mass is 302 g/mol. The van der Waals surface area contributed by atoms with Crippen molar-refractivity contribution in [3.63, 3.8) is 0 Å². The van der Waals surface area contributed by atoms with E-state index in [2.05, 4.69) is 0 Å². The number of nitrogens with zero attached hydrogens (tertiary/aromatic N) is 2. The quantitative estimate of drug-likeness (QED) is 0.803. The minimum absolute atomic E-state index is 0.0689. The van der Waals surface area contributed by atoms with Gasteiger partial charge >= 0.3 is 18.2 Å². The molecule has 0 unspecified atom stereocenters. The lowest BCUT2D eigenvalue weighted by atomic mass is 10.4. The summed E-state index contributed by atoms with van der Waals surface area (Å²) in [5, 5.41) is 8.54. The van der Waals surface area contributed by atoms with Crippen molar-refractivity contribution in [3.05, 3.63) is 0 Å². The van der Waals surface area contributed by atoms with E-state index in [4.69, 9.17) is 5.11 Å². The maximum Gasteiger partial charge on any atom is 0.406 e. The van der Waals surface area contributed by atoms with Crippen LogP contribution in [-0.2, 0) is 15.6 Å². The molecule has 0 saturated carbocycles. The van der Waals surface area contributed by atoms with Gasteiger partial charge in [0.1, 0.15) is 13.1 Å². The Bertz CT molecular complexity index is 378. The summed E-state index contributed by atoms with van der Waals surface area (Å²) in [6.07, 6.45) is -4.66. The molecule has 1 heterocycles. The van der Waals surface area contributed by atoms with Crippen LogP contribution in [0.4, 0.5) is 18.0 Å². The van der Waals surface area contributed by atoms with E-state index in [0.29, 0.717) is 0 Å². The van der Waals surface area contributed by atoms with Crippen molar-refractivity contribution >= 4 is 22.8 Å². The van der Waals surface area contributed by atoms with Crippen LogP contribution in [0.1, 0.15) is 0 Å². The largest absolute Gasteiger partial charge is 0.480 e. The molecule has 1 fully saturated rings. The maximum absolute atomic E-state index is 12.3. The standard InChI is InChI=1S/C9H13F3N2O4S/c10-9(11,12)6-14(5-7(15)16)8(17)13-1-3-19(18)4-2-13/h1-6H2,(H,15,16).